The lowest BCUT2D eigenvalue weighted by atomic mass is 9.98. The van der Waals surface area contributed by atoms with Crippen LogP contribution in [0.2, 0.25) is 0 Å². The van der Waals surface area contributed by atoms with E-state index in [1.54, 1.807) is 54.2 Å². The maximum absolute atomic E-state index is 12.1. The van der Waals surface area contributed by atoms with Crippen molar-refractivity contribution in [1.29, 1.82) is 0 Å². The van der Waals surface area contributed by atoms with Crippen LogP contribution in [0.4, 0.5) is 4.79 Å². The summed E-state index contributed by atoms with van der Waals surface area (Å²) in [4.78, 5) is 23.8. The molecule has 1 atom stereocenters. The first-order valence-corrected chi connectivity index (χ1v) is 13.4. The number of hydrogen-bond donors (Lipinski definition) is 2. The summed E-state index contributed by atoms with van der Waals surface area (Å²) in [7, 11) is 4.79. The third-order valence-corrected chi connectivity index (χ3v) is 5.68. The highest BCUT2D eigenvalue weighted by Gasteiger charge is 2.24. The van der Waals surface area contributed by atoms with Crippen molar-refractivity contribution < 1.29 is 47.9 Å². The minimum absolute atomic E-state index is 0.0873. The minimum Gasteiger partial charge on any atom is -0.496 e. The summed E-state index contributed by atoms with van der Waals surface area (Å²) >= 11 is 0. The number of carbonyl (C=O) groups excluding carboxylic acids is 1. The van der Waals surface area contributed by atoms with Crippen LogP contribution in [-0.2, 0) is 41.5 Å². The van der Waals surface area contributed by atoms with Crippen molar-refractivity contribution in [3.05, 3.63) is 47.5 Å². The number of carboxylic acids is 1. The fraction of sp³-hybridized carbons (Fsp3) is 0.533. The van der Waals surface area contributed by atoms with E-state index < -0.39 is 23.7 Å². The number of nitrogens with one attached hydrogen (secondary N) is 1. The largest absolute Gasteiger partial charge is 0.496 e. The van der Waals surface area contributed by atoms with Crippen molar-refractivity contribution in [2.75, 3.05) is 61.0 Å². The predicted octanol–water partition coefficient (Wildman–Crippen LogP) is 4.09. The smallest absolute Gasteiger partial charge is 0.408 e. The van der Waals surface area contributed by atoms with Crippen LogP contribution in [0.25, 0.3) is 11.1 Å². The fourth-order valence-electron chi connectivity index (χ4n) is 3.80. The Morgan fingerprint density at radius 1 is 0.805 bits per heavy atom. The number of amides is 1. The van der Waals surface area contributed by atoms with E-state index in [9.17, 15) is 14.7 Å². The second-order valence-electron chi connectivity index (χ2n) is 10.1. The molecule has 0 aliphatic heterocycles. The molecule has 0 saturated carbocycles. The molecule has 2 aromatic carbocycles. The van der Waals surface area contributed by atoms with E-state index in [0.29, 0.717) is 57.7 Å². The van der Waals surface area contributed by atoms with Gasteiger partial charge in [-0.15, -0.1) is 0 Å². The molecule has 11 heteroatoms. The molecule has 0 aliphatic rings. The first-order valence-electron chi connectivity index (χ1n) is 13.4. The SMILES string of the molecule is COCCOCCOCCOCc1cc(OC)c(-c2ccc(CC(NC(=O)OC(C)(C)C)C(=O)O)cc2)c(OC)c1. The minimum atomic E-state index is -1.15. The Balaban J connectivity index is 2.01. The summed E-state index contributed by atoms with van der Waals surface area (Å²) in [5, 5.41) is 12.0. The zero-order chi connectivity index (χ0) is 30.3. The van der Waals surface area contributed by atoms with E-state index in [4.69, 9.17) is 33.2 Å². The quantitative estimate of drug-likeness (QED) is 0.250. The Bertz CT molecular complexity index is 1060. The number of aliphatic carboxylic acids is 1. The standard InChI is InChI=1S/C30H43NO10/c1-30(2,3)41-29(34)31-24(28(32)33)17-21-7-9-23(10-8-21)27-25(36-5)18-22(19-26(27)37-6)20-40-16-15-39-14-13-38-12-11-35-4/h7-10,18-19,24H,11-17,20H2,1-6H3,(H,31,34)(H,32,33). The number of ether oxygens (including phenoxy) is 7. The molecular weight excluding hydrogens is 534 g/mol. The van der Waals surface area contributed by atoms with Gasteiger partial charge in [0.2, 0.25) is 0 Å². The Labute approximate surface area is 242 Å². The van der Waals surface area contributed by atoms with Gasteiger partial charge in [0.05, 0.1) is 66.0 Å². The highest BCUT2D eigenvalue weighted by atomic mass is 16.6. The van der Waals surface area contributed by atoms with E-state index in [1.165, 1.54) is 0 Å². The van der Waals surface area contributed by atoms with E-state index in [2.05, 4.69) is 5.32 Å². The molecular formula is C30H43NO10. The molecule has 2 aromatic rings. The highest BCUT2D eigenvalue weighted by molar-refractivity contribution is 5.81. The van der Waals surface area contributed by atoms with Gasteiger partial charge in [-0.1, -0.05) is 24.3 Å². The molecule has 0 radical (unpaired) electrons. The van der Waals surface area contributed by atoms with Crippen LogP contribution in [0.1, 0.15) is 31.9 Å². The average molecular weight is 578 g/mol. The lowest BCUT2D eigenvalue weighted by Crippen LogP contribution is -2.44. The van der Waals surface area contributed by atoms with Gasteiger partial charge >= 0.3 is 12.1 Å². The zero-order valence-corrected chi connectivity index (χ0v) is 24.8. The summed E-state index contributed by atoms with van der Waals surface area (Å²) in [5.74, 6) is 0.0601. The molecule has 0 aliphatic carbocycles. The molecule has 41 heavy (non-hydrogen) atoms. The number of methoxy groups -OCH3 is 3. The second kappa shape index (κ2) is 17.4. The second-order valence-corrected chi connectivity index (χ2v) is 10.1. The molecule has 0 bridgehead atoms. The molecule has 1 unspecified atom stereocenters. The Kier molecular flexibility index (Phi) is 14.4. The van der Waals surface area contributed by atoms with Gasteiger partial charge in [0.1, 0.15) is 23.1 Å². The number of benzene rings is 2. The van der Waals surface area contributed by atoms with Crippen LogP contribution in [-0.4, -0.2) is 89.8 Å². The van der Waals surface area contributed by atoms with Crippen LogP contribution in [0, 0.1) is 0 Å². The number of alkyl carbamates (subject to hydrolysis) is 1. The van der Waals surface area contributed by atoms with Crippen LogP contribution in [0.15, 0.2) is 36.4 Å². The number of carboxylic acid groups (broad SMARTS) is 1. The molecule has 2 rings (SSSR count). The van der Waals surface area contributed by atoms with Gasteiger partial charge in [-0.2, -0.15) is 0 Å². The number of rotatable bonds is 18. The molecule has 228 valence electrons. The topological polar surface area (TPSA) is 131 Å². The lowest BCUT2D eigenvalue weighted by molar-refractivity contribution is -0.139. The monoisotopic (exact) mass is 577 g/mol. The average Bonchev–Trinajstić information content (AvgIpc) is 2.92. The van der Waals surface area contributed by atoms with Gasteiger partial charge in [-0.25, -0.2) is 9.59 Å². The van der Waals surface area contributed by atoms with E-state index >= 15 is 0 Å². The van der Waals surface area contributed by atoms with E-state index in [-0.39, 0.29) is 6.42 Å². The third kappa shape index (κ3) is 12.3. The number of carbonyl (C=O) groups is 2. The van der Waals surface area contributed by atoms with E-state index in [0.717, 1.165) is 22.3 Å². The zero-order valence-electron chi connectivity index (χ0n) is 24.8. The van der Waals surface area contributed by atoms with Crippen molar-refractivity contribution in [3.63, 3.8) is 0 Å². The molecule has 1 amide bonds. The van der Waals surface area contributed by atoms with Crippen LogP contribution in [0.3, 0.4) is 0 Å². The van der Waals surface area contributed by atoms with Crippen molar-refractivity contribution in [1.82, 2.24) is 5.32 Å². The van der Waals surface area contributed by atoms with Gasteiger partial charge in [0, 0.05) is 13.5 Å². The van der Waals surface area contributed by atoms with Gasteiger partial charge in [-0.05, 0) is 49.6 Å². The van der Waals surface area contributed by atoms with E-state index in [1.807, 2.05) is 24.3 Å². The van der Waals surface area contributed by atoms with Crippen LogP contribution >= 0.6 is 0 Å². The Morgan fingerprint density at radius 2 is 1.34 bits per heavy atom. The maximum atomic E-state index is 12.1. The first kappa shape index (κ1) is 33.8. The summed E-state index contributed by atoms with van der Waals surface area (Å²) in [5.41, 5.74) is 2.44. The summed E-state index contributed by atoms with van der Waals surface area (Å²) < 4.78 is 38.1. The first-order chi connectivity index (χ1) is 19.6. The molecule has 0 heterocycles. The van der Waals surface area contributed by atoms with Gasteiger partial charge in [0.15, 0.2) is 0 Å². The van der Waals surface area contributed by atoms with Crippen LogP contribution in [0.5, 0.6) is 11.5 Å². The predicted molar refractivity (Wildman–Crippen MR) is 153 cm³/mol. The molecule has 0 saturated heterocycles. The van der Waals surface area contributed by atoms with Crippen molar-refractivity contribution in [2.24, 2.45) is 0 Å². The normalized spacial score (nSPS) is 12.0. The highest BCUT2D eigenvalue weighted by Crippen LogP contribution is 2.40. The summed E-state index contributed by atoms with van der Waals surface area (Å²) in [6, 6.07) is 9.96. The third-order valence-electron chi connectivity index (χ3n) is 5.68. The number of hydrogen-bond acceptors (Lipinski definition) is 9. The van der Waals surface area contributed by atoms with Crippen molar-refractivity contribution >= 4 is 12.1 Å². The maximum Gasteiger partial charge on any atom is 0.408 e. The summed E-state index contributed by atoms with van der Waals surface area (Å²) in [6.07, 6.45) is -0.694. The van der Waals surface area contributed by atoms with Gasteiger partial charge in [0.25, 0.3) is 0 Å². The molecule has 0 spiro atoms. The Hall–Kier alpha value is -3.38. The molecule has 2 N–H and O–H groups in total. The van der Waals surface area contributed by atoms with Crippen LogP contribution < -0.4 is 14.8 Å². The summed E-state index contributed by atoms with van der Waals surface area (Å²) in [6.45, 7) is 8.44. The lowest BCUT2D eigenvalue weighted by Gasteiger charge is -2.22. The fourth-order valence-corrected chi connectivity index (χ4v) is 3.80. The van der Waals surface area contributed by atoms with Crippen molar-refractivity contribution in [2.45, 2.75) is 45.4 Å². The molecule has 0 fully saturated rings. The van der Waals surface area contributed by atoms with Crippen molar-refractivity contribution in [3.8, 4) is 22.6 Å². The van der Waals surface area contributed by atoms with Gasteiger partial charge < -0.3 is 43.6 Å². The van der Waals surface area contributed by atoms with Gasteiger partial charge in [-0.3, -0.25) is 0 Å². The Morgan fingerprint density at radius 3 is 1.83 bits per heavy atom. The molecule has 11 nitrogen and oxygen atoms in total. The molecule has 0 aromatic heterocycles.